The molecule has 0 aromatic heterocycles. The van der Waals surface area contributed by atoms with Crippen LogP contribution in [0.5, 0.6) is 0 Å². The molecule has 0 heterocycles. The molecule has 0 spiro atoms. The van der Waals surface area contributed by atoms with Crippen molar-refractivity contribution in [1.29, 1.82) is 0 Å². The summed E-state index contributed by atoms with van der Waals surface area (Å²) in [6.07, 6.45) is 10.1. The van der Waals surface area contributed by atoms with Crippen LogP contribution >= 0.6 is 0 Å². The molecular weight excluding hydrogens is 232 g/mol. The summed E-state index contributed by atoms with van der Waals surface area (Å²) in [5, 5.41) is 10.9. The summed E-state index contributed by atoms with van der Waals surface area (Å²) in [7, 11) is 0. The highest BCUT2D eigenvalue weighted by Crippen LogP contribution is 2.65. The highest BCUT2D eigenvalue weighted by Gasteiger charge is 2.59. The Morgan fingerprint density at radius 1 is 1.37 bits per heavy atom. The molecule has 0 aromatic carbocycles. The fourth-order valence-corrected chi connectivity index (χ4v) is 4.80. The summed E-state index contributed by atoms with van der Waals surface area (Å²) >= 11 is 0. The predicted molar refractivity (Wildman–Crippen MR) is 79.7 cm³/mol. The van der Waals surface area contributed by atoms with Crippen LogP contribution in [0.25, 0.3) is 0 Å². The molecule has 3 aliphatic carbocycles. The molecule has 1 N–H and O–H groups in total. The minimum atomic E-state index is -0.649. The fourth-order valence-electron chi connectivity index (χ4n) is 4.80. The van der Waals surface area contributed by atoms with Crippen molar-refractivity contribution in [2.75, 3.05) is 0 Å². The first-order valence-corrected chi connectivity index (χ1v) is 7.97. The largest absolute Gasteiger partial charge is 0.385 e. The van der Waals surface area contributed by atoms with Crippen molar-refractivity contribution in [2.24, 2.45) is 29.1 Å². The highest BCUT2D eigenvalue weighted by atomic mass is 16.3. The van der Waals surface area contributed by atoms with E-state index in [9.17, 15) is 5.11 Å². The third kappa shape index (κ3) is 1.93. The third-order valence-corrected chi connectivity index (χ3v) is 6.37. The zero-order valence-electron chi connectivity index (χ0n) is 12.7. The molecule has 1 heteroatoms. The first-order valence-electron chi connectivity index (χ1n) is 7.97. The van der Waals surface area contributed by atoms with Crippen molar-refractivity contribution in [3.8, 4) is 0 Å². The maximum absolute atomic E-state index is 10.9. The first kappa shape index (κ1) is 13.4. The summed E-state index contributed by atoms with van der Waals surface area (Å²) in [6.45, 7) is 11.1. The van der Waals surface area contributed by atoms with E-state index in [4.69, 9.17) is 0 Å². The number of rotatable bonds is 2. The fraction of sp³-hybridized carbons (Fsp3) is 0.778. The van der Waals surface area contributed by atoms with Gasteiger partial charge in [0, 0.05) is 5.92 Å². The van der Waals surface area contributed by atoms with Gasteiger partial charge in [0.15, 0.2) is 0 Å². The lowest BCUT2D eigenvalue weighted by molar-refractivity contribution is 0.00670. The van der Waals surface area contributed by atoms with E-state index in [0.29, 0.717) is 17.3 Å². The van der Waals surface area contributed by atoms with Crippen LogP contribution in [0.2, 0.25) is 0 Å². The Bertz CT molecular complexity index is 419. The van der Waals surface area contributed by atoms with E-state index in [0.717, 1.165) is 31.1 Å². The van der Waals surface area contributed by atoms with Crippen LogP contribution in [0.4, 0.5) is 0 Å². The number of allylic oxidation sites excluding steroid dienone is 1. The molecule has 19 heavy (non-hydrogen) atoms. The van der Waals surface area contributed by atoms with Gasteiger partial charge < -0.3 is 5.11 Å². The van der Waals surface area contributed by atoms with Gasteiger partial charge in [-0.25, -0.2) is 0 Å². The lowest BCUT2D eigenvalue weighted by Crippen LogP contribution is -2.41. The van der Waals surface area contributed by atoms with Crippen molar-refractivity contribution < 1.29 is 5.11 Å². The molecule has 2 unspecified atom stereocenters. The molecule has 106 valence electrons. The molecule has 2 fully saturated rings. The highest BCUT2D eigenvalue weighted by molar-refractivity contribution is 5.30. The molecule has 0 bridgehead atoms. The van der Waals surface area contributed by atoms with Gasteiger partial charge in [-0.05, 0) is 42.4 Å². The summed E-state index contributed by atoms with van der Waals surface area (Å²) in [6, 6.07) is 0. The van der Waals surface area contributed by atoms with Gasteiger partial charge in [-0.1, -0.05) is 51.3 Å². The van der Waals surface area contributed by atoms with Crippen LogP contribution in [0.1, 0.15) is 52.9 Å². The molecule has 3 rings (SSSR count). The van der Waals surface area contributed by atoms with Crippen LogP contribution < -0.4 is 0 Å². The average Bonchev–Trinajstić information content (AvgIpc) is 2.90. The maximum atomic E-state index is 10.9. The van der Waals surface area contributed by atoms with Gasteiger partial charge in [0.1, 0.15) is 0 Å². The summed E-state index contributed by atoms with van der Waals surface area (Å²) in [4.78, 5) is 0. The van der Waals surface area contributed by atoms with Crippen LogP contribution in [-0.4, -0.2) is 10.7 Å². The van der Waals surface area contributed by atoms with Crippen molar-refractivity contribution in [1.82, 2.24) is 0 Å². The smallest absolute Gasteiger partial charge is 0.0890 e. The Labute approximate surface area is 117 Å². The molecule has 0 aromatic rings. The number of hydrogen-bond donors (Lipinski definition) is 1. The molecule has 0 saturated heterocycles. The van der Waals surface area contributed by atoms with Crippen molar-refractivity contribution in [3.05, 3.63) is 24.3 Å². The second-order valence-electron chi connectivity index (χ2n) is 7.75. The van der Waals surface area contributed by atoms with Crippen LogP contribution in [0.3, 0.4) is 0 Å². The van der Waals surface area contributed by atoms with E-state index in [1.54, 1.807) is 0 Å². The molecule has 1 nitrogen and oxygen atoms in total. The monoisotopic (exact) mass is 260 g/mol. The van der Waals surface area contributed by atoms with E-state index in [-0.39, 0.29) is 0 Å². The van der Waals surface area contributed by atoms with Gasteiger partial charge in [0.2, 0.25) is 0 Å². The zero-order valence-corrected chi connectivity index (χ0v) is 12.7. The average molecular weight is 260 g/mol. The summed E-state index contributed by atoms with van der Waals surface area (Å²) in [5.74, 6) is 2.60. The Morgan fingerprint density at radius 2 is 2.11 bits per heavy atom. The molecular formula is C18H28O. The Balaban J connectivity index is 1.90. The second kappa shape index (κ2) is 4.22. The number of aliphatic hydroxyl groups is 1. The van der Waals surface area contributed by atoms with Crippen molar-refractivity contribution in [2.45, 2.75) is 58.5 Å². The summed E-state index contributed by atoms with van der Waals surface area (Å²) in [5.41, 5.74) is 1.38. The molecule has 0 aliphatic heterocycles. The van der Waals surface area contributed by atoms with Gasteiger partial charge in [0.05, 0.1) is 5.60 Å². The minimum absolute atomic E-state index is 0.325. The van der Waals surface area contributed by atoms with E-state index >= 15 is 0 Å². The van der Waals surface area contributed by atoms with Crippen LogP contribution in [0, 0.1) is 29.1 Å². The summed E-state index contributed by atoms with van der Waals surface area (Å²) < 4.78 is 0. The Kier molecular flexibility index (Phi) is 2.98. The molecule has 0 amide bonds. The van der Waals surface area contributed by atoms with E-state index in [1.807, 2.05) is 6.08 Å². The van der Waals surface area contributed by atoms with E-state index in [1.165, 1.54) is 18.4 Å². The third-order valence-electron chi connectivity index (χ3n) is 6.37. The topological polar surface area (TPSA) is 20.2 Å². The van der Waals surface area contributed by atoms with Gasteiger partial charge in [-0.15, -0.1) is 6.58 Å². The molecule has 2 saturated carbocycles. The Morgan fingerprint density at radius 3 is 2.79 bits per heavy atom. The SMILES string of the molecule is C=CC1(O)CCCCC1C1=C[C@H]2[C@@H](C[C@H]1C)C2(C)C. The zero-order chi connectivity index (χ0) is 13.8. The van der Waals surface area contributed by atoms with Gasteiger partial charge in [-0.3, -0.25) is 0 Å². The molecule has 3 aliphatic rings. The van der Waals surface area contributed by atoms with Crippen LogP contribution in [0.15, 0.2) is 24.3 Å². The predicted octanol–water partition coefficient (Wildman–Crippen LogP) is 4.33. The van der Waals surface area contributed by atoms with Crippen molar-refractivity contribution in [3.63, 3.8) is 0 Å². The van der Waals surface area contributed by atoms with E-state index in [2.05, 4.69) is 33.4 Å². The lowest BCUT2D eigenvalue weighted by Gasteiger charge is -2.42. The standard InChI is InChI=1S/C18H28O/c1-5-18(19)9-7-6-8-14(18)13-11-16-15(10-12(13)2)17(16,3)4/h5,11-12,14-16,19H,1,6-10H2,2-4H3/t12-,14?,15-,16+,18?/m1/s1. The van der Waals surface area contributed by atoms with Gasteiger partial charge >= 0.3 is 0 Å². The minimum Gasteiger partial charge on any atom is -0.385 e. The molecule has 5 atom stereocenters. The number of fused-ring (bicyclic) bond motifs is 1. The molecule has 0 radical (unpaired) electrons. The van der Waals surface area contributed by atoms with Gasteiger partial charge in [-0.2, -0.15) is 0 Å². The van der Waals surface area contributed by atoms with E-state index < -0.39 is 5.60 Å². The first-order chi connectivity index (χ1) is 8.90. The second-order valence-corrected chi connectivity index (χ2v) is 7.75. The quantitative estimate of drug-likeness (QED) is 0.733. The number of hydrogen-bond acceptors (Lipinski definition) is 1. The normalized spacial score (nSPS) is 48.1. The van der Waals surface area contributed by atoms with Crippen molar-refractivity contribution >= 4 is 0 Å². The Hall–Kier alpha value is -0.560. The lowest BCUT2D eigenvalue weighted by atomic mass is 9.67. The maximum Gasteiger partial charge on any atom is 0.0890 e. The van der Waals surface area contributed by atoms with Crippen LogP contribution in [-0.2, 0) is 0 Å². The van der Waals surface area contributed by atoms with Gasteiger partial charge in [0.25, 0.3) is 0 Å².